The molecule has 0 heterocycles. The third-order valence-electron chi connectivity index (χ3n) is 5.88. The molecule has 4 rings (SSSR count). The highest BCUT2D eigenvalue weighted by molar-refractivity contribution is 5.72. The molecule has 24 heavy (non-hydrogen) atoms. The van der Waals surface area contributed by atoms with Crippen molar-refractivity contribution >= 4 is 5.97 Å². The quantitative estimate of drug-likeness (QED) is 0.701. The second-order valence-corrected chi connectivity index (χ2v) is 7.45. The molecule has 132 valence electrons. The number of carbonyl (C=O) groups excluding carboxylic acids is 1. The summed E-state index contributed by atoms with van der Waals surface area (Å²) in [5.41, 5.74) is 1.03. The Balaban J connectivity index is 1.48. The molecule has 2 bridgehead atoms. The van der Waals surface area contributed by atoms with Crippen LogP contribution in [-0.2, 0) is 20.7 Å². The Kier molecular flexibility index (Phi) is 6.30. The molecule has 0 spiro atoms. The highest BCUT2D eigenvalue weighted by atomic mass is 16.5. The fourth-order valence-corrected chi connectivity index (χ4v) is 4.59. The van der Waals surface area contributed by atoms with Gasteiger partial charge in [0.2, 0.25) is 0 Å². The third-order valence-corrected chi connectivity index (χ3v) is 5.88. The maximum absolute atomic E-state index is 12.1. The first-order valence-corrected chi connectivity index (χ1v) is 9.53. The number of ether oxygens (including phenoxy) is 2. The van der Waals surface area contributed by atoms with E-state index in [2.05, 4.69) is 6.92 Å². The SMILES string of the molecule is CCOCC1CC2CCCC1CC2COC(=O)Cc1ccccc1. The Bertz CT molecular complexity index is 513. The summed E-state index contributed by atoms with van der Waals surface area (Å²) in [5.74, 6) is 2.64. The van der Waals surface area contributed by atoms with Crippen molar-refractivity contribution in [2.45, 2.75) is 45.4 Å². The highest BCUT2D eigenvalue weighted by Crippen LogP contribution is 2.46. The van der Waals surface area contributed by atoms with Crippen molar-refractivity contribution in [3.05, 3.63) is 35.9 Å². The largest absolute Gasteiger partial charge is 0.465 e. The van der Waals surface area contributed by atoms with Gasteiger partial charge < -0.3 is 9.47 Å². The lowest BCUT2D eigenvalue weighted by molar-refractivity contribution is -0.145. The molecule has 3 aliphatic rings. The minimum atomic E-state index is -0.0906. The molecule has 4 unspecified atom stereocenters. The number of hydrogen-bond donors (Lipinski definition) is 0. The van der Waals surface area contributed by atoms with Gasteiger partial charge in [-0.25, -0.2) is 0 Å². The highest BCUT2D eigenvalue weighted by Gasteiger charge is 2.39. The van der Waals surface area contributed by atoms with Crippen molar-refractivity contribution in [3.63, 3.8) is 0 Å². The lowest BCUT2D eigenvalue weighted by Gasteiger charge is -2.38. The second-order valence-electron chi connectivity index (χ2n) is 7.45. The Labute approximate surface area is 145 Å². The van der Waals surface area contributed by atoms with E-state index in [1.54, 1.807) is 0 Å². The summed E-state index contributed by atoms with van der Waals surface area (Å²) in [6, 6.07) is 9.85. The van der Waals surface area contributed by atoms with Crippen LogP contribution in [0, 0.1) is 23.7 Å². The van der Waals surface area contributed by atoms with Gasteiger partial charge in [0.05, 0.1) is 13.0 Å². The van der Waals surface area contributed by atoms with Crippen LogP contribution >= 0.6 is 0 Å². The van der Waals surface area contributed by atoms with Gasteiger partial charge in [0.1, 0.15) is 0 Å². The molecule has 3 heteroatoms. The van der Waals surface area contributed by atoms with E-state index >= 15 is 0 Å². The van der Waals surface area contributed by atoms with Crippen LogP contribution in [0.3, 0.4) is 0 Å². The molecular weight excluding hydrogens is 300 g/mol. The van der Waals surface area contributed by atoms with Crippen LogP contribution in [0.4, 0.5) is 0 Å². The van der Waals surface area contributed by atoms with E-state index in [4.69, 9.17) is 9.47 Å². The van der Waals surface area contributed by atoms with Gasteiger partial charge in [-0.2, -0.15) is 0 Å². The van der Waals surface area contributed by atoms with Crippen molar-refractivity contribution < 1.29 is 14.3 Å². The molecule has 1 aromatic carbocycles. The Morgan fingerprint density at radius 3 is 2.38 bits per heavy atom. The number of carbonyl (C=O) groups is 1. The zero-order valence-corrected chi connectivity index (χ0v) is 14.8. The van der Waals surface area contributed by atoms with Gasteiger partial charge in [-0.15, -0.1) is 0 Å². The number of esters is 1. The van der Waals surface area contributed by atoms with E-state index in [9.17, 15) is 4.79 Å². The maximum Gasteiger partial charge on any atom is 0.310 e. The summed E-state index contributed by atoms with van der Waals surface area (Å²) in [6.07, 6.45) is 6.79. The predicted octanol–water partition coefficient (Wildman–Crippen LogP) is 4.25. The van der Waals surface area contributed by atoms with E-state index in [1.165, 1.54) is 32.1 Å². The van der Waals surface area contributed by atoms with Crippen LogP contribution < -0.4 is 0 Å². The van der Waals surface area contributed by atoms with Gasteiger partial charge in [-0.05, 0) is 49.0 Å². The van der Waals surface area contributed by atoms with E-state index in [0.29, 0.717) is 30.8 Å². The molecule has 3 fully saturated rings. The Hall–Kier alpha value is -1.35. The minimum absolute atomic E-state index is 0.0906. The van der Waals surface area contributed by atoms with Gasteiger partial charge in [0, 0.05) is 13.2 Å². The Morgan fingerprint density at radius 2 is 1.71 bits per heavy atom. The predicted molar refractivity (Wildman–Crippen MR) is 94.6 cm³/mol. The van der Waals surface area contributed by atoms with Crippen LogP contribution in [0.5, 0.6) is 0 Å². The second kappa shape index (κ2) is 8.66. The number of benzene rings is 1. The standard InChI is InChI=1S/C21H30O3/c1-2-23-14-19-12-18-10-6-9-17(19)13-20(18)15-24-21(22)11-16-7-4-3-5-8-16/h3-5,7-8,17-20H,2,6,9-15H2,1H3. The monoisotopic (exact) mass is 330 g/mol. The Morgan fingerprint density at radius 1 is 1.04 bits per heavy atom. The molecule has 0 N–H and O–H groups in total. The first kappa shape index (κ1) is 17.5. The van der Waals surface area contributed by atoms with Crippen LogP contribution in [-0.4, -0.2) is 25.8 Å². The molecule has 0 amide bonds. The molecule has 3 nitrogen and oxygen atoms in total. The summed E-state index contributed by atoms with van der Waals surface area (Å²) in [7, 11) is 0. The lowest BCUT2D eigenvalue weighted by Crippen LogP contribution is -2.34. The van der Waals surface area contributed by atoms with Crippen molar-refractivity contribution in [1.29, 1.82) is 0 Å². The number of fused-ring (bicyclic) bond motifs is 4. The van der Waals surface area contributed by atoms with Crippen LogP contribution in [0.25, 0.3) is 0 Å². The fraction of sp³-hybridized carbons (Fsp3) is 0.667. The number of hydrogen-bond acceptors (Lipinski definition) is 3. The van der Waals surface area contributed by atoms with Crippen LogP contribution in [0.15, 0.2) is 30.3 Å². The molecule has 3 saturated carbocycles. The zero-order chi connectivity index (χ0) is 16.8. The van der Waals surface area contributed by atoms with Crippen molar-refractivity contribution in [1.82, 2.24) is 0 Å². The van der Waals surface area contributed by atoms with E-state index in [1.807, 2.05) is 30.3 Å². The zero-order valence-electron chi connectivity index (χ0n) is 14.8. The summed E-state index contributed by atoms with van der Waals surface area (Å²) >= 11 is 0. The lowest BCUT2D eigenvalue weighted by atomic mass is 9.70. The molecule has 0 radical (unpaired) electrons. The van der Waals surface area contributed by atoms with Crippen molar-refractivity contribution in [3.8, 4) is 0 Å². The average Bonchev–Trinajstić information content (AvgIpc) is 2.92. The maximum atomic E-state index is 12.1. The molecule has 1 aromatic rings. The molecule has 0 aromatic heterocycles. The summed E-state index contributed by atoms with van der Waals surface area (Å²) in [4.78, 5) is 12.1. The number of rotatable bonds is 7. The normalized spacial score (nSPS) is 29.2. The molecule has 3 aliphatic carbocycles. The summed E-state index contributed by atoms with van der Waals surface area (Å²) in [6.45, 7) is 4.41. The third kappa shape index (κ3) is 4.60. The summed E-state index contributed by atoms with van der Waals surface area (Å²) in [5, 5.41) is 0. The van der Waals surface area contributed by atoms with Crippen LogP contribution in [0.1, 0.15) is 44.6 Å². The minimum Gasteiger partial charge on any atom is -0.465 e. The first-order chi connectivity index (χ1) is 11.8. The molecular formula is C21H30O3. The fourth-order valence-electron chi connectivity index (χ4n) is 4.59. The smallest absolute Gasteiger partial charge is 0.310 e. The molecule has 4 atom stereocenters. The van der Waals surface area contributed by atoms with E-state index < -0.39 is 0 Å². The molecule has 0 aliphatic heterocycles. The van der Waals surface area contributed by atoms with Crippen LogP contribution in [0.2, 0.25) is 0 Å². The van der Waals surface area contributed by atoms with E-state index in [0.717, 1.165) is 24.7 Å². The van der Waals surface area contributed by atoms with Gasteiger partial charge in [0.25, 0.3) is 0 Å². The molecule has 0 saturated heterocycles. The first-order valence-electron chi connectivity index (χ1n) is 9.53. The summed E-state index contributed by atoms with van der Waals surface area (Å²) < 4.78 is 11.3. The van der Waals surface area contributed by atoms with Crippen molar-refractivity contribution in [2.24, 2.45) is 23.7 Å². The van der Waals surface area contributed by atoms with Gasteiger partial charge in [-0.3, -0.25) is 4.79 Å². The van der Waals surface area contributed by atoms with Crippen molar-refractivity contribution in [2.75, 3.05) is 19.8 Å². The van der Waals surface area contributed by atoms with Gasteiger partial charge in [0.15, 0.2) is 0 Å². The average molecular weight is 330 g/mol. The topological polar surface area (TPSA) is 35.5 Å². The van der Waals surface area contributed by atoms with Gasteiger partial charge in [-0.1, -0.05) is 49.6 Å². The van der Waals surface area contributed by atoms with E-state index in [-0.39, 0.29) is 5.97 Å². The van der Waals surface area contributed by atoms with Gasteiger partial charge >= 0.3 is 5.97 Å².